The van der Waals surface area contributed by atoms with Crippen molar-refractivity contribution in [3.05, 3.63) is 95.6 Å². The number of fused-ring (bicyclic) bond motifs is 1. The maximum Gasteiger partial charge on any atom is 0.261 e. The first-order chi connectivity index (χ1) is 13.5. The molecule has 1 aliphatic rings. The normalized spacial score (nSPS) is 18.5. The summed E-state index contributed by atoms with van der Waals surface area (Å²) < 4.78 is 27.5. The summed E-state index contributed by atoms with van der Waals surface area (Å²) in [6.45, 7) is 1.94. The Morgan fingerprint density at radius 2 is 1.71 bits per heavy atom. The van der Waals surface area contributed by atoms with Gasteiger partial charge >= 0.3 is 0 Å². The molecule has 2 atom stereocenters. The predicted molar refractivity (Wildman–Crippen MR) is 106 cm³/mol. The average Bonchev–Trinajstić information content (AvgIpc) is 2.68. The number of nitrogens with zero attached hydrogens (tertiary/aromatic N) is 1. The highest BCUT2D eigenvalue weighted by molar-refractivity contribution is 6.07. The molecule has 1 N–H and O–H groups in total. The van der Waals surface area contributed by atoms with Crippen LogP contribution in [0.5, 0.6) is 0 Å². The fraction of sp³-hybridized carbons (Fsp3) is 0.174. The number of hydrogen-bond donors (Lipinski definition) is 1. The molecule has 0 saturated heterocycles. The van der Waals surface area contributed by atoms with Crippen LogP contribution in [-0.2, 0) is 0 Å². The van der Waals surface area contributed by atoms with Crippen molar-refractivity contribution in [2.24, 2.45) is 0 Å². The van der Waals surface area contributed by atoms with Crippen LogP contribution in [0, 0.1) is 11.6 Å². The van der Waals surface area contributed by atoms with Crippen LogP contribution in [0.3, 0.4) is 0 Å². The van der Waals surface area contributed by atoms with E-state index in [0.717, 1.165) is 29.1 Å². The Kier molecular flexibility index (Phi) is 4.82. The minimum absolute atomic E-state index is 0.0238. The van der Waals surface area contributed by atoms with Crippen molar-refractivity contribution < 1.29 is 13.6 Å². The molecule has 1 amide bonds. The summed E-state index contributed by atoms with van der Waals surface area (Å²) in [5, 5.41) is 3.52. The third-order valence-electron chi connectivity index (χ3n) is 5.08. The zero-order valence-corrected chi connectivity index (χ0v) is 15.4. The number of hydrogen-bond acceptors (Lipinski definition) is 2. The van der Waals surface area contributed by atoms with E-state index in [-0.39, 0.29) is 17.6 Å². The topological polar surface area (TPSA) is 32.3 Å². The number of amides is 1. The van der Waals surface area contributed by atoms with Crippen molar-refractivity contribution >= 4 is 17.3 Å². The molecule has 0 unspecified atom stereocenters. The van der Waals surface area contributed by atoms with Gasteiger partial charge in [-0.05, 0) is 49.2 Å². The summed E-state index contributed by atoms with van der Waals surface area (Å²) in [5.41, 5.74) is 2.58. The van der Waals surface area contributed by atoms with Crippen molar-refractivity contribution in [3.8, 4) is 0 Å². The van der Waals surface area contributed by atoms with Crippen molar-refractivity contribution in [3.63, 3.8) is 0 Å². The highest BCUT2D eigenvalue weighted by atomic mass is 19.1. The van der Waals surface area contributed by atoms with Crippen molar-refractivity contribution in [2.45, 2.75) is 25.4 Å². The molecule has 0 aliphatic carbocycles. The minimum Gasteiger partial charge on any atom is -0.378 e. The summed E-state index contributed by atoms with van der Waals surface area (Å²) in [5.74, 6) is -2.01. The highest BCUT2D eigenvalue weighted by Crippen LogP contribution is 2.39. The van der Waals surface area contributed by atoms with Gasteiger partial charge in [0, 0.05) is 23.5 Å². The SMILES string of the molecule is C[C@H]1C[C@H](Nc2ccccc2)c2ccccc2N1C(=O)c1ccc(F)cc1F. The van der Waals surface area contributed by atoms with E-state index < -0.39 is 17.5 Å². The van der Waals surface area contributed by atoms with E-state index >= 15 is 0 Å². The fourth-order valence-electron chi connectivity index (χ4n) is 3.79. The molecule has 4 rings (SSSR count). The van der Waals surface area contributed by atoms with E-state index in [4.69, 9.17) is 0 Å². The smallest absolute Gasteiger partial charge is 0.261 e. The van der Waals surface area contributed by atoms with E-state index in [1.165, 1.54) is 6.07 Å². The molecule has 28 heavy (non-hydrogen) atoms. The van der Waals surface area contributed by atoms with Crippen LogP contribution >= 0.6 is 0 Å². The molecule has 1 aliphatic heterocycles. The van der Waals surface area contributed by atoms with Gasteiger partial charge in [0.1, 0.15) is 11.6 Å². The molecule has 0 fully saturated rings. The molecule has 0 radical (unpaired) electrons. The van der Waals surface area contributed by atoms with Crippen molar-refractivity contribution in [1.29, 1.82) is 0 Å². The first kappa shape index (κ1) is 18.2. The monoisotopic (exact) mass is 378 g/mol. The van der Waals surface area contributed by atoms with Gasteiger partial charge in [-0.2, -0.15) is 0 Å². The van der Waals surface area contributed by atoms with Crippen LogP contribution in [0.4, 0.5) is 20.2 Å². The molecule has 5 heteroatoms. The molecule has 0 saturated carbocycles. The van der Waals surface area contributed by atoms with Gasteiger partial charge in [-0.25, -0.2) is 8.78 Å². The largest absolute Gasteiger partial charge is 0.378 e. The number of carbonyl (C=O) groups excluding carboxylic acids is 1. The van der Waals surface area contributed by atoms with E-state index in [9.17, 15) is 13.6 Å². The lowest BCUT2D eigenvalue weighted by Crippen LogP contribution is -2.44. The Balaban J connectivity index is 1.71. The summed E-state index contributed by atoms with van der Waals surface area (Å²) in [7, 11) is 0. The number of rotatable bonds is 3. The molecular weight excluding hydrogens is 358 g/mol. The molecular formula is C23H20F2N2O. The number of anilines is 2. The Morgan fingerprint density at radius 1 is 1.00 bits per heavy atom. The van der Waals surface area contributed by atoms with E-state index in [0.29, 0.717) is 6.42 Å². The second-order valence-corrected chi connectivity index (χ2v) is 7.01. The molecule has 1 heterocycles. The van der Waals surface area contributed by atoms with Crippen molar-refractivity contribution in [1.82, 2.24) is 0 Å². The third-order valence-corrected chi connectivity index (χ3v) is 5.08. The minimum atomic E-state index is -0.848. The molecule has 3 aromatic carbocycles. The number of benzene rings is 3. The maximum atomic E-state index is 14.2. The Labute approximate surface area is 162 Å². The van der Waals surface area contributed by atoms with E-state index in [2.05, 4.69) is 5.32 Å². The number of para-hydroxylation sites is 2. The van der Waals surface area contributed by atoms with Gasteiger partial charge < -0.3 is 10.2 Å². The van der Waals surface area contributed by atoms with Crippen LogP contribution in [0.15, 0.2) is 72.8 Å². The van der Waals surface area contributed by atoms with Gasteiger partial charge in [-0.3, -0.25) is 4.79 Å². The average molecular weight is 378 g/mol. The Bertz CT molecular complexity index is 1010. The zero-order chi connectivity index (χ0) is 19.7. The summed E-state index contributed by atoms with van der Waals surface area (Å²) in [6.07, 6.45) is 0.667. The molecule has 0 spiro atoms. The lowest BCUT2D eigenvalue weighted by Gasteiger charge is -2.40. The number of halogens is 2. The summed E-state index contributed by atoms with van der Waals surface area (Å²) >= 11 is 0. The Hall–Kier alpha value is -3.21. The second kappa shape index (κ2) is 7.43. The van der Waals surface area contributed by atoms with Crippen LogP contribution in [0.1, 0.15) is 35.3 Å². The van der Waals surface area contributed by atoms with Crippen LogP contribution in [-0.4, -0.2) is 11.9 Å². The van der Waals surface area contributed by atoms with E-state index in [1.54, 1.807) is 4.90 Å². The molecule has 0 aromatic heterocycles. The lowest BCUT2D eigenvalue weighted by molar-refractivity contribution is 0.0970. The first-order valence-electron chi connectivity index (χ1n) is 9.23. The van der Waals surface area contributed by atoms with Crippen molar-refractivity contribution in [2.75, 3.05) is 10.2 Å². The Morgan fingerprint density at radius 3 is 2.46 bits per heavy atom. The van der Waals surface area contributed by atoms with Gasteiger partial charge in [-0.1, -0.05) is 36.4 Å². The van der Waals surface area contributed by atoms with Crippen LogP contribution < -0.4 is 10.2 Å². The second-order valence-electron chi connectivity index (χ2n) is 7.01. The lowest BCUT2D eigenvalue weighted by atomic mass is 9.90. The molecule has 142 valence electrons. The van der Waals surface area contributed by atoms with Crippen LogP contribution in [0.25, 0.3) is 0 Å². The van der Waals surface area contributed by atoms with Gasteiger partial charge in [0.15, 0.2) is 0 Å². The van der Waals surface area contributed by atoms with E-state index in [1.807, 2.05) is 61.5 Å². The summed E-state index contributed by atoms with van der Waals surface area (Å²) in [6, 6.07) is 20.4. The van der Waals surface area contributed by atoms with Crippen LogP contribution in [0.2, 0.25) is 0 Å². The fourth-order valence-corrected chi connectivity index (χ4v) is 3.79. The molecule has 3 nitrogen and oxygen atoms in total. The quantitative estimate of drug-likeness (QED) is 0.647. The predicted octanol–water partition coefficient (Wildman–Crippen LogP) is 5.56. The highest BCUT2D eigenvalue weighted by Gasteiger charge is 2.34. The van der Waals surface area contributed by atoms with Gasteiger partial charge in [0.2, 0.25) is 0 Å². The number of carbonyl (C=O) groups is 1. The maximum absolute atomic E-state index is 14.2. The molecule has 3 aromatic rings. The van der Waals surface area contributed by atoms with Gasteiger partial charge in [0.25, 0.3) is 5.91 Å². The van der Waals surface area contributed by atoms with Gasteiger partial charge in [-0.15, -0.1) is 0 Å². The first-order valence-corrected chi connectivity index (χ1v) is 9.23. The molecule has 0 bridgehead atoms. The standard InChI is InChI=1S/C23H20F2N2O/c1-15-13-21(26-17-7-3-2-4-8-17)19-9-5-6-10-22(19)27(15)23(28)18-12-11-16(24)14-20(18)25/h2-12,14-15,21,26H,13H2,1H3/t15-,21-/m0/s1. The summed E-state index contributed by atoms with van der Waals surface area (Å²) in [4.78, 5) is 14.7. The number of nitrogens with one attached hydrogen (secondary N) is 1. The third kappa shape index (κ3) is 3.36. The zero-order valence-electron chi connectivity index (χ0n) is 15.4. The van der Waals surface area contributed by atoms with Gasteiger partial charge in [0.05, 0.1) is 11.6 Å².